The molecule has 4 aromatic carbocycles. The molecular formula is C39H44O8Si. The molecule has 0 radical (unpaired) electrons. The lowest BCUT2D eigenvalue weighted by Gasteiger charge is -2.43. The van der Waals surface area contributed by atoms with Crippen LogP contribution in [-0.4, -0.2) is 73.5 Å². The van der Waals surface area contributed by atoms with Crippen LogP contribution in [0.1, 0.15) is 31.9 Å². The van der Waals surface area contributed by atoms with E-state index >= 15 is 0 Å². The highest BCUT2D eigenvalue weighted by atomic mass is 28.4. The fourth-order valence-electron chi connectivity index (χ4n) is 5.98. The summed E-state index contributed by atoms with van der Waals surface area (Å²) in [6, 6.07) is 38.1. The number of hydrogen-bond donors (Lipinski definition) is 3. The van der Waals surface area contributed by atoms with E-state index in [1.807, 2.05) is 66.7 Å². The van der Waals surface area contributed by atoms with E-state index in [2.05, 4.69) is 69.3 Å². The first-order valence-corrected chi connectivity index (χ1v) is 18.1. The van der Waals surface area contributed by atoms with Gasteiger partial charge in [0.25, 0.3) is 0 Å². The number of rotatable bonds is 12. The van der Waals surface area contributed by atoms with E-state index in [9.17, 15) is 20.1 Å². The van der Waals surface area contributed by atoms with Crippen molar-refractivity contribution in [2.75, 3.05) is 13.2 Å². The zero-order chi connectivity index (χ0) is 34.1. The number of hydrogen-bond acceptors (Lipinski definition) is 8. The highest BCUT2D eigenvalue weighted by Crippen LogP contribution is 2.37. The molecule has 1 aliphatic rings. The van der Waals surface area contributed by atoms with Crippen molar-refractivity contribution in [2.45, 2.75) is 62.9 Å². The Kier molecular flexibility index (Phi) is 11.6. The fourth-order valence-corrected chi connectivity index (χ4v) is 10.4. The van der Waals surface area contributed by atoms with Crippen molar-refractivity contribution in [3.05, 3.63) is 132 Å². The maximum Gasteiger partial charge on any atom is 0.330 e. The van der Waals surface area contributed by atoms with Crippen LogP contribution in [0.5, 0.6) is 5.75 Å². The van der Waals surface area contributed by atoms with E-state index in [1.54, 1.807) is 6.08 Å². The molecule has 3 N–H and O–H groups in total. The summed E-state index contributed by atoms with van der Waals surface area (Å²) in [7, 11) is -2.76. The maximum atomic E-state index is 12.2. The maximum absolute atomic E-state index is 12.2. The van der Waals surface area contributed by atoms with Crippen molar-refractivity contribution in [3.63, 3.8) is 0 Å². The second-order valence-corrected chi connectivity index (χ2v) is 17.1. The highest BCUT2D eigenvalue weighted by molar-refractivity contribution is 7.00. The molecule has 1 saturated heterocycles. The predicted molar refractivity (Wildman–Crippen MR) is 187 cm³/mol. The third kappa shape index (κ3) is 8.30. The minimum absolute atomic E-state index is 0.170. The van der Waals surface area contributed by atoms with Gasteiger partial charge in [0.15, 0.2) is 6.29 Å². The Morgan fingerprint density at radius 1 is 0.771 bits per heavy atom. The van der Waals surface area contributed by atoms with Crippen LogP contribution in [0.25, 0.3) is 6.08 Å². The minimum Gasteiger partial charge on any atom is -0.534 e. The molecule has 0 aliphatic carbocycles. The monoisotopic (exact) mass is 668 g/mol. The smallest absolute Gasteiger partial charge is 0.330 e. The molecule has 5 rings (SSSR count). The number of aliphatic hydroxyl groups is 3. The number of ether oxygens (including phenoxy) is 3. The molecule has 8 nitrogen and oxygen atoms in total. The molecule has 0 aromatic heterocycles. The van der Waals surface area contributed by atoms with Gasteiger partial charge in [-0.25, -0.2) is 4.79 Å². The van der Waals surface area contributed by atoms with E-state index in [0.717, 1.165) is 16.9 Å². The molecule has 0 saturated carbocycles. The van der Waals surface area contributed by atoms with Gasteiger partial charge in [-0.3, -0.25) is 0 Å². The van der Waals surface area contributed by atoms with Crippen molar-refractivity contribution in [3.8, 4) is 5.75 Å². The highest BCUT2D eigenvalue weighted by Gasteiger charge is 2.52. The predicted octanol–water partition coefficient (Wildman–Crippen LogP) is 4.25. The molecule has 1 heterocycles. The van der Waals surface area contributed by atoms with Gasteiger partial charge in [-0.2, -0.15) is 0 Å². The van der Waals surface area contributed by atoms with Crippen LogP contribution in [0, 0.1) is 0 Å². The Bertz CT molecular complexity index is 1570. The summed E-state index contributed by atoms with van der Waals surface area (Å²) in [5.41, 5.74) is 1.81. The van der Waals surface area contributed by atoms with E-state index < -0.39 is 45.0 Å². The Morgan fingerprint density at radius 3 is 1.90 bits per heavy atom. The van der Waals surface area contributed by atoms with Gasteiger partial charge in [0.2, 0.25) is 0 Å². The molecular weight excluding hydrogens is 625 g/mol. The molecule has 252 valence electrons. The Labute approximate surface area is 283 Å². The van der Waals surface area contributed by atoms with Gasteiger partial charge in [0, 0.05) is 6.08 Å². The van der Waals surface area contributed by atoms with E-state index in [4.69, 9.17) is 18.6 Å². The summed E-state index contributed by atoms with van der Waals surface area (Å²) in [4.78, 5) is 12.2. The van der Waals surface area contributed by atoms with Gasteiger partial charge in [0.05, 0.1) is 6.61 Å². The van der Waals surface area contributed by atoms with Crippen LogP contribution < -0.4 is 14.8 Å². The molecule has 0 unspecified atom stereocenters. The number of carbonyl (C=O) groups is 1. The molecule has 0 amide bonds. The normalized spacial score (nSPS) is 21.6. The quantitative estimate of drug-likeness (QED) is 0.117. The Hall–Kier alpha value is -4.09. The zero-order valence-corrected chi connectivity index (χ0v) is 28.5. The van der Waals surface area contributed by atoms with E-state index in [-0.39, 0.29) is 18.3 Å². The van der Waals surface area contributed by atoms with Crippen molar-refractivity contribution in [1.29, 1.82) is 0 Å². The van der Waals surface area contributed by atoms with Gasteiger partial charge < -0.3 is 34.0 Å². The first-order valence-electron chi connectivity index (χ1n) is 16.2. The van der Waals surface area contributed by atoms with Crippen LogP contribution in [0.4, 0.5) is 0 Å². The number of carbonyl (C=O) groups excluding carboxylic acids is 1. The van der Waals surface area contributed by atoms with Gasteiger partial charge >= 0.3 is 14.3 Å². The SMILES string of the molecule is CC(C)(C)[Si](Oc1ccc(CCO[C@@H]2O[C@H](COC(=O)/C=C/c3ccccc3)[C@@H](O)[C@H](O)[C@H]2O)cc1)(c1ccccc1)c1ccccc1. The molecule has 48 heavy (non-hydrogen) atoms. The van der Waals surface area contributed by atoms with Crippen molar-refractivity contribution < 1.29 is 38.8 Å². The zero-order valence-electron chi connectivity index (χ0n) is 27.5. The Morgan fingerprint density at radius 2 is 1.33 bits per heavy atom. The molecule has 0 bridgehead atoms. The molecule has 4 aromatic rings. The number of esters is 1. The van der Waals surface area contributed by atoms with Crippen molar-refractivity contribution >= 4 is 30.7 Å². The molecule has 1 aliphatic heterocycles. The Balaban J connectivity index is 1.20. The summed E-state index contributed by atoms with van der Waals surface area (Å²) in [6.07, 6.45) is -3.40. The molecule has 1 fully saturated rings. The average molecular weight is 669 g/mol. The van der Waals surface area contributed by atoms with Gasteiger partial charge in [-0.1, -0.05) is 124 Å². The standard InChI is InChI=1S/C39H44O8Si/c1-39(2,3)48(31-15-9-5-10-16-31,32-17-11-6-12-18-32)47-30-22-19-29(20-23-30)25-26-44-38-37(43)36(42)35(41)33(46-38)27-45-34(40)24-21-28-13-7-4-8-14-28/h4-24,33,35-38,41-43H,25-27H2,1-3H3/b24-21+/t33-,35-,36+,37-,38-/m1/s1. The van der Waals surface area contributed by atoms with Crippen molar-refractivity contribution in [2.24, 2.45) is 0 Å². The van der Waals surface area contributed by atoms with Crippen LogP contribution in [0.15, 0.2) is 121 Å². The molecule has 5 atom stereocenters. The lowest BCUT2D eigenvalue weighted by atomic mass is 9.99. The van der Waals surface area contributed by atoms with Crippen LogP contribution in [-0.2, 0) is 25.4 Å². The second kappa shape index (κ2) is 15.9. The molecule has 0 spiro atoms. The third-order valence-electron chi connectivity index (χ3n) is 8.55. The van der Waals surface area contributed by atoms with Gasteiger partial charge in [0.1, 0.15) is 36.8 Å². The summed E-state index contributed by atoms with van der Waals surface area (Å²) >= 11 is 0. The minimum atomic E-state index is -2.76. The van der Waals surface area contributed by atoms with E-state index in [0.29, 0.717) is 6.42 Å². The summed E-state index contributed by atoms with van der Waals surface area (Å²) < 4.78 is 23.8. The number of benzene rings is 4. The number of aliphatic hydroxyl groups excluding tert-OH is 3. The lowest BCUT2D eigenvalue weighted by molar-refractivity contribution is -0.301. The summed E-state index contributed by atoms with van der Waals surface area (Å²) in [6.45, 7) is 6.56. The largest absolute Gasteiger partial charge is 0.534 e. The first kappa shape index (κ1) is 35.2. The summed E-state index contributed by atoms with van der Waals surface area (Å²) in [5.74, 6) is 0.142. The second-order valence-electron chi connectivity index (χ2n) is 12.9. The lowest BCUT2D eigenvalue weighted by Crippen LogP contribution is -2.68. The molecule has 9 heteroatoms. The van der Waals surface area contributed by atoms with Crippen molar-refractivity contribution in [1.82, 2.24) is 0 Å². The average Bonchev–Trinajstić information content (AvgIpc) is 3.10. The first-order chi connectivity index (χ1) is 23.1. The van der Waals surface area contributed by atoms with Gasteiger partial charge in [-0.05, 0) is 51.2 Å². The van der Waals surface area contributed by atoms with E-state index in [1.165, 1.54) is 16.4 Å². The van der Waals surface area contributed by atoms with Crippen LogP contribution >= 0.6 is 0 Å². The van der Waals surface area contributed by atoms with Gasteiger partial charge in [-0.15, -0.1) is 0 Å². The topological polar surface area (TPSA) is 115 Å². The summed E-state index contributed by atoms with van der Waals surface area (Å²) in [5, 5.41) is 33.6. The van der Waals surface area contributed by atoms with Crippen LogP contribution in [0.3, 0.4) is 0 Å². The third-order valence-corrected chi connectivity index (χ3v) is 13.5. The fraction of sp³-hybridized carbons (Fsp3) is 0.308. The van der Waals surface area contributed by atoms with Crippen LogP contribution in [0.2, 0.25) is 5.04 Å².